The third-order valence-corrected chi connectivity index (χ3v) is 2.94. The Morgan fingerprint density at radius 3 is 2.82 bits per heavy atom. The van der Waals surface area contributed by atoms with Gasteiger partial charge < -0.3 is 5.32 Å². The molecule has 1 aromatic rings. The molecule has 0 bridgehead atoms. The van der Waals surface area contributed by atoms with Gasteiger partial charge in [0.1, 0.15) is 0 Å². The molecule has 1 N–H and O–H groups in total. The first kappa shape index (κ1) is 11.8. The van der Waals surface area contributed by atoms with Gasteiger partial charge in [0.25, 0.3) is 5.91 Å². The fourth-order valence-electron chi connectivity index (χ4n) is 2.04. The Morgan fingerprint density at radius 2 is 2.06 bits per heavy atom. The second-order valence-electron chi connectivity index (χ2n) is 4.14. The molecule has 0 atom stereocenters. The standard InChI is InChI=1S/C13H16N2O2/c1-14-7-4-8-15-12(16)9-10-5-2-3-6-11(10)13(15)17/h2-3,5-6,14H,4,7-9H2,1H3. The first-order valence-corrected chi connectivity index (χ1v) is 5.81. The SMILES string of the molecule is CNCCCN1C(=O)Cc2ccccc2C1=O. The zero-order chi connectivity index (χ0) is 12.3. The molecule has 2 rings (SSSR count). The van der Waals surface area contributed by atoms with Crippen molar-refractivity contribution >= 4 is 11.8 Å². The van der Waals surface area contributed by atoms with Crippen LogP contribution in [-0.2, 0) is 11.2 Å². The predicted octanol–water partition coefficient (Wildman–Crippen LogP) is 0.821. The molecule has 2 amide bonds. The van der Waals surface area contributed by atoms with Gasteiger partial charge in [-0.05, 0) is 31.6 Å². The molecule has 0 saturated heterocycles. The number of hydrogen-bond acceptors (Lipinski definition) is 3. The van der Waals surface area contributed by atoms with Crippen LogP contribution in [0.2, 0.25) is 0 Å². The quantitative estimate of drug-likeness (QED) is 0.617. The molecule has 0 radical (unpaired) electrons. The van der Waals surface area contributed by atoms with Gasteiger partial charge in [-0.2, -0.15) is 0 Å². The smallest absolute Gasteiger partial charge is 0.260 e. The van der Waals surface area contributed by atoms with Crippen molar-refractivity contribution in [2.24, 2.45) is 0 Å². The zero-order valence-corrected chi connectivity index (χ0v) is 9.90. The number of carbonyl (C=O) groups is 2. The molecule has 0 fully saturated rings. The van der Waals surface area contributed by atoms with Gasteiger partial charge in [-0.1, -0.05) is 18.2 Å². The van der Waals surface area contributed by atoms with E-state index in [0.29, 0.717) is 18.5 Å². The molecule has 1 aliphatic rings. The van der Waals surface area contributed by atoms with Crippen LogP contribution in [-0.4, -0.2) is 36.9 Å². The molecule has 0 spiro atoms. The number of hydrogen-bond donors (Lipinski definition) is 1. The number of nitrogens with one attached hydrogen (secondary N) is 1. The fourth-order valence-corrected chi connectivity index (χ4v) is 2.04. The van der Waals surface area contributed by atoms with Crippen LogP contribution in [0.4, 0.5) is 0 Å². The Labute approximate surface area is 101 Å². The van der Waals surface area contributed by atoms with Crippen molar-refractivity contribution in [1.29, 1.82) is 0 Å². The Hall–Kier alpha value is -1.68. The van der Waals surface area contributed by atoms with Gasteiger partial charge in [0.05, 0.1) is 6.42 Å². The second-order valence-corrected chi connectivity index (χ2v) is 4.14. The van der Waals surface area contributed by atoms with E-state index in [2.05, 4.69) is 5.32 Å². The van der Waals surface area contributed by atoms with E-state index in [1.54, 1.807) is 6.07 Å². The van der Waals surface area contributed by atoms with Gasteiger partial charge in [0.15, 0.2) is 0 Å². The molecule has 1 aliphatic heterocycles. The summed E-state index contributed by atoms with van der Waals surface area (Å²) < 4.78 is 0. The normalized spacial score (nSPS) is 15.0. The third-order valence-electron chi connectivity index (χ3n) is 2.94. The number of benzene rings is 1. The summed E-state index contributed by atoms with van der Waals surface area (Å²) in [6.45, 7) is 1.30. The van der Waals surface area contributed by atoms with Crippen LogP contribution in [0.25, 0.3) is 0 Å². The summed E-state index contributed by atoms with van der Waals surface area (Å²) in [5.74, 6) is -0.252. The van der Waals surface area contributed by atoms with Crippen molar-refractivity contribution < 1.29 is 9.59 Å². The minimum Gasteiger partial charge on any atom is -0.320 e. The van der Waals surface area contributed by atoms with Gasteiger partial charge >= 0.3 is 0 Å². The summed E-state index contributed by atoms with van der Waals surface area (Å²) in [7, 11) is 1.86. The average molecular weight is 232 g/mol. The summed E-state index contributed by atoms with van der Waals surface area (Å²) in [5.41, 5.74) is 1.50. The molecule has 0 aliphatic carbocycles. The van der Waals surface area contributed by atoms with Crippen LogP contribution in [0.1, 0.15) is 22.3 Å². The summed E-state index contributed by atoms with van der Waals surface area (Å²) in [5, 5.41) is 3.01. The largest absolute Gasteiger partial charge is 0.320 e. The lowest BCUT2D eigenvalue weighted by Crippen LogP contribution is -2.43. The molecule has 1 aromatic carbocycles. The first-order chi connectivity index (χ1) is 8.24. The van der Waals surface area contributed by atoms with Crippen LogP contribution < -0.4 is 5.32 Å². The van der Waals surface area contributed by atoms with E-state index in [9.17, 15) is 9.59 Å². The van der Waals surface area contributed by atoms with Crippen molar-refractivity contribution in [3.05, 3.63) is 35.4 Å². The maximum Gasteiger partial charge on any atom is 0.260 e. The maximum absolute atomic E-state index is 12.1. The van der Waals surface area contributed by atoms with Crippen LogP contribution in [0.5, 0.6) is 0 Å². The molecule has 4 nitrogen and oxygen atoms in total. The van der Waals surface area contributed by atoms with Crippen LogP contribution in [0, 0.1) is 0 Å². The minimum atomic E-state index is -0.159. The van der Waals surface area contributed by atoms with E-state index in [0.717, 1.165) is 18.5 Å². The van der Waals surface area contributed by atoms with Gasteiger partial charge in [-0.15, -0.1) is 0 Å². The highest BCUT2D eigenvalue weighted by Gasteiger charge is 2.29. The van der Waals surface area contributed by atoms with Gasteiger partial charge in [0.2, 0.25) is 5.91 Å². The predicted molar refractivity (Wildman–Crippen MR) is 64.7 cm³/mol. The molecule has 4 heteroatoms. The van der Waals surface area contributed by atoms with Crippen LogP contribution in [0.15, 0.2) is 24.3 Å². The van der Waals surface area contributed by atoms with E-state index in [4.69, 9.17) is 0 Å². The third kappa shape index (κ3) is 2.36. The topological polar surface area (TPSA) is 49.4 Å². The van der Waals surface area contributed by atoms with E-state index < -0.39 is 0 Å². The number of amides is 2. The van der Waals surface area contributed by atoms with E-state index in [1.807, 2.05) is 25.2 Å². The van der Waals surface area contributed by atoms with E-state index in [1.165, 1.54) is 4.90 Å². The van der Waals surface area contributed by atoms with Crippen molar-refractivity contribution in [3.63, 3.8) is 0 Å². The lowest BCUT2D eigenvalue weighted by atomic mass is 9.98. The molecule has 17 heavy (non-hydrogen) atoms. The number of carbonyl (C=O) groups excluding carboxylic acids is 2. The highest BCUT2D eigenvalue weighted by molar-refractivity contribution is 6.09. The van der Waals surface area contributed by atoms with Crippen molar-refractivity contribution in [2.45, 2.75) is 12.8 Å². The highest BCUT2D eigenvalue weighted by Crippen LogP contribution is 2.19. The van der Waals surface area contributed by atoms with Crippen molar-refractivity contribution in [3.8, 4) is 0 Å². The summed E-state index contributed by atoms with van der Waals surface area (Å²) in [6.07, 6.45) is 1.12. The fraction of sp³-hybridized carbons (Fsp3) is 0.385. The minimum absolute atomic E-state index is 0.0928. The zero-order valence-electron chi connectivity index (χ0n) is 9.90. The molecule has 0 saturated carbocycles. The van der Waals surface area contributed by atoms with E-state index >= 15 is 0 Å². The Morgan fingerprint density at radius 1 is 1.29 bits per heavy atom. The second kappa shape index (κ2) is 5.10. The van der Waals surface area contributed by atoms with E-state index in [-0.39, 0.29) is 11.8 Å². The maximum atomic E-state index is 12.1. The molecule has 90 valence electrons. The summed E-state index contributed by atoms with van der Waals surface area (Å²) >= 11 is 0. The number of rotatable bonds is 4. The molecular weight excluding hydrogens is 216 g/mol. The van der Waals surface area contributed by atoms with Crippen molar-refractivity contribution in [1.82, 2.24) is 10.2 Å². The lowest BCUT2D eigenvalue weighted by molar-refractivity contribution is -0.128. The van der Waals surface area contributed by atoms with Gasteiger partial charge in [-0.3, -0.25) is 14.5 Å². The average Bonchev–Trinajstić information content (AvgIpc) is 2.33. The van der Waals surface area contributed by atoms with Crippen LogP contribution >= 0.6 is 0 Å². The first-order valence-electron chi connectivity index (χ1n) is 5.81. The molecule has 0 aromatic heterocycles. The number of nitrogens with zero attached hydrogens (tertiary/aromatic N) is 1. The highest BCUT2D eigenvalue weighted by atomic mass is 16.2. The van der Waals surface area contributed by atoms with Gasteiger partial charge in [-0.25, -0.2) is 0 Å². The Kier molecular flexibility index (Phi) is 3.54. The van der Waals surface area contributed by atoms with Crippen LogP contribution in [0.3, 0.4) is 0 Å². The molecule has 1 heterocycles. The summed E-state index contributed by atoms with van der Waals surface area (Å²) in [6, 6.07) is 7.32. The Balaban J connectivity index is 2.16. The molecular formula is C13H16N2O2. The lowest BCUT2D eigenvalue weighted by Gasteiger charge is -2.26. The summed E-state index contributed by atoms with van der Waals surface area (Å²) in [4.78, 5) is 25.3. The van der Waals surface area contributed by atoms with Crippen molar-refractivity contribution in [2.75, 3.05) is 20.1 Å². The molecule has 0 unspecified atom stereocenters. The number of imide groups is 1. The Bertz CT molecular complexity index is 443. The number of fused-ring (bicyclic) bond motifs is 1. The van der Waals surface area contributed by atoms with Gasteiger partial charge in [0, 0.05) is 12.1 Å². The monoisotopic (exact) mass is 232 g/mol.